The van der Waals surface area contributed by atoms with Gasteiger partial charge in [-0.2, -0.15) is 30.4 Å². The highest BCUT2D eigenvalue weighted by Gasteiger charge is 2.79. The fraction of sp³-hybridized carbons (Fsp3) is 0.556. The molecule has 1 aliphatic heterocycles. The van der Waals surface area contributed by atoms with Crippen molar-refractivity contribution in [3.63, 3.8) is 0 Å². The summed E-state index contributed by atoms with van der Waals surface area (Å²) in [7, 11) is -6.95. The first kappa shape index (κ1) is 44.8. The Morgan fingerprint density at radius 3 is 2.17 bits per heavy atom. The number of aryl methyl sites for hydroxylation is 1. The van der Waals surface area contributed by atoms with Crippen LogP contribution >= 0.6 is 0 Å². The average Bonchev–Trinajstić information content (AvgIpc) is 3.46. The average molecular weight is 880 g/mol. The highest BCUT2D eigenvalue weighted by Crippen LogP contribution is 2.71. The Labute approximate surface area is 350 Å². The molecule has 328 valence electrons. The van der Waals surface area contributed by atoms with Crippen LogP contribution in [0.2, 0.25) is 0 Å². The molecule has 15 heteroatoms. The molecule has 1 spiro atoms. The van der Waals surface area contributed by atoms with Gasteiger partial charge in [0, 0.05) is 34.5 Å². The summed E-state index contributed by atoms with van der Waals surface area (Å²) >= 11 is 0. The molecule has 8 nitrogen and oxygen atoms in total. The van der Waals surface area contributed by atoms with Gasteiger partial charge in [0.25, 0.3) is 10.0 Å². The zero-order valence-electron chi connectivity index (χ0n) is 34.5. The monoisotopic (exact) mass is 879 g/mol. The van der Waals surface area contributed by atoms with Gasteiger partial charge in [-0.1, -0.05) is 87.0 Å². The minimum Gasteiger partial charge on any atom is -0.385 e. The molecule has 1 heterocycles. The van der Waals surface area contributed by atoms with E-state index in [0.717, 1.165) is 16.7 Å². The molecule has 3 unspecified atom stereocenters. The lowest BCUT2D eigenvalue weighted by atomic mass is 9.49. The zero-order chi connectivity index (χ0) is 43.9. The van der Waals surface area contributed by atoms with Crippen LogP contribution in [0.5, 0.6) is 0 Å². The largest absolute Gasteiger partial charge is 0.456 e. The highest BCUT2D eigenvalue weighted by molar-refractivity contribution is 7.97. The molecule has 2 aromatic rings. The second kappa shape index (κ2) is 15.3. The molecule has 0 aromatic heterocycles. The first-order chi connectivity index (χ1) is 27.8. The van der Waals surface area contributed by atoms with E-state index in [-0.39, 0.29) is 40.9 Å². The van der Waals surface area contributed by atoms with Crippen LogP contribution in [0, 0.1) is 29.6 Å². The third-order valence-electron chi connectivity index (χ3n) is 14.1. The number of allylic oxidation sites excluding steroid dienone is 5. The van der Waals surface area contributed by atoms with Crippen LogP contribution in [0.4, 0.5) is 22.0 Å². The lowest BCUT2D eigenvalue weighted by Gasteiger charge is -2.59. The van der Waals surface area contributed by atoms with Gasteiger partial charge in [-0.25, -0.2) is 4.21 Å². The maximum atomic E-state index is 15.6. The molecule has 7 rings (SSSR count). The number of benzene rings is 2. The van der Waals surface area contributed by atoms with Gasteiger partial charge in [-0.05, 0) is 105 Å². The topological polar surface area (TPSA) is 122 Å². The van der Waals surface area contributed by atoms with Crippen LogP contribution in [0.25, 0.3) is 5.57 Å². The van der Waals surface area contributed by atoms with Crippen LogP contribution in [-0.2, 0) is 30.1 Å². The minimum atomic E-state index is -5.96. The van der Waals surface area contributed by atoms with E-state index in [9.17, 15) is 36.0 Å². The smallest absolute Gasteiger partial charge is 0.385 e. The fourth-order valence-electron chi connectivity index (χ4n) is 10.7. The molecule has 1 saturated heterocycles. The van der Waals surface area contributed by atoms with Gasteiger partial charge in [-0.3, -0.25) is 0 Å². The number of ether oxygens (including phenoxy) is 2. The predicted molar refractivity (Wildman–Crippen MR) is 220 cm³/mol. The summed E-state index contributed by atoms with van der Waals surface area (Å²) in [6.45, 7) is 13.6. The van der Waals surface area contributed by atoms with Crippen LogP contribution in [0.15, 0.2) is 98.1 Å². The Kier molecular flexibility index (Phi) is 11.4. The number of rotatable bonds is 8. The van der Waals surface area contributed by atoms with Crippen molar-refractivity contribution >= 4 is 26.2 Å². The highest BCUT2D eigenvalue weighted by atomic mass is 32.3. The van der Waals surface area contributed by atoms with Gasteiger partial charge >= 0.3 is 12.1 Å². The Hall–Kier alpha value is -3.21. The molecule has 4 aliphatic carbocycles. The maximum Gasteiger partial charge on any atom is 0.456 e. The number of aliphatic hydroxyl groups is 2. The summed E-state index contributed by atoms with van der Waals surface area (Å²) in [5, 5.41) is 24.2. The second-order valence-electron chi connectivity index (χ2n) is 18.6. The normalized spacial score (nSPS) is 32.6. The molecule has 60 heavy (non-hydrogen) atoms. The third kappa shape index (κ3) is 7.56. The van der Waals surface area contributed by atoms with E-state index in [2.05, 4.69) is 10.3 Å². The van der Waals surface area contributed by atoms with Crippen LogP contribution in [0.1, 0.15) is 102 Å². The molecule has 2 aromatic carbocycles. The molecule has 0 amide bonds. The van der Waals surface area contributed by atoms with Crippen molar-refractivity contribution < 1.29 is 54.3 Å². The Morgan fingerprint density at radius 2 is 1.57 bits per heavy atom. The van der Waals surface area contributed by atoms with Crippen LogP contribution in [-0.4, -0.2) is 65.1 Å². The minimum absolute atomic E-state index is 0.0175. The molecule has 0 radical (unpaired) electrons. The first-order valence-corrected chi connectivity index (χ1v) is 23.0. The van der Waals surface area contributed by atoms with Gasteiger partial charge in [0.05, 0.1) is 34.3 Å². The number of nitrogens with zero attached hydrogens (tertiary/aromatic N) is 1. The van der Waals surface area contributed by atoms with Crippen molar-refractivity contribution in [2.75, 3.05) is 13.2 Å². The Bertz CT molecular complexity index is 2320. The Balaban J connectivity index is 1.24. The SMILES string of the molecule is C=CC(=C\C=C(/C)c1ccc([C@H]2C[C@@]3(C)C(CC[C@@]3(O)C(F)(F)C(F)(F)F)C3CC[C@@]4(O)CC5(CCC4=C32)OCC(C)(C)CO5)cc1)/[SH](=O)=N/S(=O)(=O)c1ccc(C)cc1. The van der Waals surface area contributed by atoms with Crippen molar-refractivity contribution in [1.82, 2.24) is 0 Å². The van der Waals surface area contributed by atoms with Gasteiger partial charge in [0.15, 0.2) is 5.79 Å². The summed E-state index contributed by atoms with van der Waals surface area (Å²) in [6.07, 6.45) is -0.931. The van der Waals surface area contributed by atoms with Crippen molar-refractivity contribution in [1.29, 1.82) is 0 Å². The van der Waals surface area contributed by atoms with Gasteiger partial charge in [0.1, 0.15) is 5.60 Å². The number of sulfonamides is 1. The third-order valence-corrected chi connectivity index (χ3v) is 17.2. The van der Waals surface area contributed by atoms with Crippen molar-refractivity contribution in [3.05, 3.63) is 106 Å². The van der Waals surface area contributed by atoms with E-state index in [1.54, 1.807) is 56.3 Å². The molecule has 2 N–H and O–H groups in total. The van der Waals surface area contributed by atoms with E-state index in [0.29, 0.717) is 49.2 Å². The van der Waals surface area contributed by atoms with Crippen LogP contribution in [0.3, 0.4) is 0 Å². The number of alkyl halides is 5. The summed E-state index contributed by atoms with van der Waals surface area (Å²) < 4.78 is 128. The molecular formula is C45H54F5NO7S2. The predicted octanol–water partition coefficient (Wildman–Crippen LogP) is 9.74. The maximum absolute atomic E-state index is 15.6. The van der Waals surface area contributed by atoms with E-state index < -0.39 is 79.3 Å². The van der Waals surface area contributed by atoms with Crippen molar-refractivity contribution in [2.45, 2.75) is 126 Å². The van der Waals surface area contributed by atoms with E-state index in [4.69, 9.17) is 9.47 Å². The fourth-order valence-corrected chi connectivity index (χ4v) is 13.1. The standard InChI is InChI=1S/C45H54F5NO7S2/c1-7-32(59(54)51-60(55,56)33-16-8-28(2)9-17-33)15-10-29(3)30-11-13-31(14-12-30)35-24-40(6)36(20-23-43(40,53)44(46,47)45(48,49)50)34-18-21-41(52)25-42(22-19-37(41)38(34)35)57-26-39(4,5)27-58-42/h7-17,34-36,52-53,59H,1,18-27H2,2-6H3/b29-10+,32-15+/t34?,35-,36?,40+,41-,43+/m1/s1. The summed E-state index contributed by atoms with van der Waals surface area (Å²) in [5.74, 6) is -8.18. The number of thiol groups is 1. The van der Waals surface area contributed by atoms with Gasteiger partial charge < -0.3 is 19.7 Å². The molecule has 0 bridgehead atoms. The second-order valence-corrected chi connectivity index (χ2v) is 21.7. The van der Waals surface area contributed by atoms with Gasteiger partial charge in [0.2, 0.25) is 0 Å². The number of fused-ring (bicyclic) bond motifs is 4. The lowest BCUT2D eigenvalue weighted by molar-refractivity contribution is -0.362. The molecule has 7 atom stereocenters. The van der Waals surface area contributed by atoms with Crippen molar-refractivity contribution in [2.24, 2.45) is 26.4 Å². The summed E-state index contributed by atoms with van der Waals surface area (Å²) in [5.41, 5.74) is -2.24. The van der Waals surface area contributed by atoms with E-state index >= 15 is 8.78 Å². The van der Waals surface area contributed by atoms with Gasteiger partial charge in [-0.15, -0.1) is 3.77 Å². The van der Waals surface area contributed by atoms with E-state index in [1.165, 1.54) is 31.2 Å². The number of hydrogen-bond acceptors (Lipinski definition) is 7. The van der Waals surface area contributed by atoms with Crippen molar-refractivity contribution in [3.8, 4) is 0 Å². The Morgan fingerprint density at radius 1 is 0.933 bits per heavy atom. The summed E-state index contributed by atoms with van der Waals surface area (Å²) in [6, 6.07) is 13.1. The lowest BCUT2D eigenvalue weighted by Crippen LogP contribution is -2.65. The van der Waals surface area contributed by atoms with E-state index in [1.807, 2.05) is 13.8 Å². The first-order valence-electron chi connectivity index (χ1n) is 20.3. The zero-order valence-corrected chi connectivity index (χ0v) is 36.2. The molecule has 5 aliphatic rings. The molecule has 4 fully saturated rings. The molecule has 3 saturated carbocycles. The molecular weight excluding hydrogens is 826 g/mol. The quantitative estimate of drug-likeness (QED) is 0.105. The van der Waals surface area contributed by atoms with Crippen LogP contribution < -0.4 is 0 Å². The number of hydrogen-bond donors (Lipinski definition) is 3. The number of halogens is 5. The summed E-state index contributed by atoms with van der Waals surface area (Å²) in [4.78, 5) is -0.0157.